The van der Waals surface area contributed by atoms with E-state index < -0.39 is 0 Å². The minimum Gasteiger partial charge on any atom is -0.325 e. The molecule has 0 spiro atoms. The van der Waals surface area contributed by atoms with Crippen molar-refractivity contribution in [1.82, 2.24) is 0 Å². The number of halogens is 1. The van der Waals surface area contributed by atoms with Gasteiger partial charge in [-0.25, -0.2) is 0 Å². The van der Waals surface area contributed by atoms with Crippen LogP contribution in [0, 0.1) is 11.8 Å². The first-order chi connectivity index (χ1) is 12.4. The number of aryl methyl sites for hydroxylation is 1. The Balaban J connectivity index is 2.49. The third kappa shape index (κ3) is 7.49. The van der Waals surface area contributed by atoms with Crippen molar-refractivity contribution in [1.29, 1.82) is 0 Å². The Bertz CT molecular complexity index is 586. The lowest BCUT2D eigenvalue weighted by Crippen LogP contribution is -2.20. The molecule has 0 aliphatic rings. The second-order valence-electron chi connectivity index (χ2n) is 7.29. The summed E-state index contributed by atoms with van der Waals surface area (Å²) in [5.74, 6) is 0.563. The Morgan fingerprint density at radius 3 is 2.46 bits per heavy atom. The summed E-state index contributed by atoms with van der Waals surface area (Å²) in [6.07, 6.45) is 7.27. The molecule has 2 atom stereocenters. The lowest BCUT2D eigenvalue weighted by molar-refractivity contribution is -0.122. The summed E-state index contributed by atoms with van der Waals surface area (Å²) >= 11 is 6.49. The van der Waals surface area contributed by atoms with E-state index in [0.717, 1.165) is 50.5 Å². The van der Waals surface area contributed by atoms with Gasteiger partial charge in [-0.2, -0.15) is 0 Å². The monoisotopic (exact) mass is 379 g/mol. The molecule has 0 aliphatic heterocycles. The van der Waals surface area contributed by atoms with E-state index in [4.69, 9.17) is 11.6 Å². The second-order valence-corrected chi connectivity index (χ2v) is 7.67. The standard InChI is InChI=1S/C22H34ClNO2/c1-5-11-17(4)22(26)24-19-14-10-13-18(21(19)23)12-8-7-9-15-20(25)16(3)6-2/h10,13-14,16-17H,5-9,11-12,15H2,1-4H3,(H,24,26). The summed E-state index contributed by atoms with van der Waals surface area (Å²) in [5, 5.41) is 3.59. The van der Waals surface area contributed by atoms with Crippen molar-refractivity contribution in [3.8, 4) is 0 Å². The molecule has 3 nitrogen and oxygen atoms in total. The maximum atomic E-state index is 12.2. The Kier molecular flexibility index (Phi) is 10.6. The number of rotatable bonds is 12. The van der Waals surface area contributed by atoms with Gasteiger partial charge in [-0.15, -0.1) is 0 Å². The van der Waals surface area contributed by atoms with Gasteiger partial charge < -0.3 is 5.32 Å². The summed E-state index contributed by atoms with van der Waals surface area (Å²) in [5.41, 5.74) is 1.75. The first-order valence-electron chi connectivity index (χ1n) is 10.0. The summed E-state index contributed by atoms with van der Waals surface area (Å²) in [6.45, 7) is 8.08. The first kappa shape index (κ1) is 22.7. The molecule has 4 heteroatoms. The maximum Gasteiger partial charge on any atom is 0.227 e. The number of amides is 1. The molecule has 0 saturated carbocycles. The molecular formula is C22H34ClNO2. The third-order valence-electron chi connectivity index (χ3n) is 5.04. The van der Waals surface area contributed by atoms with Crippen LogP contribution in [0.3, 0.4) is 0 Å². The Hall–Kier alpha value is -1.35. The molecular weight excluding hydrogens is 346 g/mol. The molecule has 0 bridgehead atoms. The van der Waals surface area contributed by atoms with Gasteiger partial charge in [0, 0.05) is 18.3 Å². The molecule has 0 heterocycles. The van der Waals surface area contributed by atoms with Crippen LogP contribution in [0.4, 0.5) is 5.69 Å². The molecule has 0 fully saturated rings. The molecule has 1 aromatic rings. The van der Waals surface area contributed by atoms with Gasteiger partial charge in [0.25, 0.3) is 0 Å². The van der Waals surface area contributed by atoms with E-state index in [1.54, 1.807) is 0 Å². The SMILES string of the molecule is CCCC(C)C(=O)Nc1cccc(CCCCCC(=O)C(C)CC)c1Cl. The molecule has 2 unspecified atom stereocenters. The van der Waals surface area contributed by atoms with Crippen molar-refractivity contribution in [2.75, 3.05) is 5.32 Å². The molecule has 26 heavy (non-hydrogen) atoms. The number of carbonyl (C=O) groups excluding carboxylic acids is 2. The Morgan fingerprint density at radius 2 is 1.81 bits per heavy atom. The van der Waals surface area contributed by atoms with Crippen LogP contribution in [0.5, 0.6) is 0 Å². The third-order valence-corrected chi connectivity index (χ3v) is 5.48. The molecule has 1 amide bonds. The van der Waals surface area contributed by atoms with E-state index in [1.165, 1.54) is 0 Å². The van der Waals surface area contributed by atoms with Crippen LogP contribution in [0.25, 0.3) is 0 Å². The maximum absolute atomic E-state index is 12.2. The van der Waals surface area contributed by atoms with E-state index >= 15 is 0 Å². The summed E-state index contributed by atoms with van der Waals surface area (Å²) < 4.78 is 0. The quantitative estimate of drug-likeness (QED) is 0.425. The van der Waals surface area contributed by atoms with Crippen LogP contribution in [0.1, 0.15) is 78.2 Å². The fourth-order valence-electron chi connectivity index (χ4n) is 2.95. The van der Waals surface area contributed by atoms with E-state index in [-0.39, 0.29) is 17.7 Å². The second kappa shape index (κ2) is 12.1. The van der Waals surface area contributed by atoms with Gasteiger partial charge in [-0.3, -0.25) is 9.59 Å². The first-order valence-corrected chi connectivity index (χ1v) is 10.4. The van der Waals surface area contributed by atoms with Gasteiger partial charge in [0.15, 0.2) is 0 Å². The van der Waals surface area contributed by atoms with Gasteiger partial charge in [0.1, 0.15) is 5.78 Å². The number of carbonyl (C=O) groups is 2. The van der Waals surface area contributed by atoms with E-state index in [9.17, 15) is 9.59 Å². The average Bonchev–Trinajstić information content (AvgIpc) is 2.63. The number of anilines is 1. The number of Topliss-reactive ketones (excluding diaryl/α,β-unsaturated/α-hetero) is 1. The van der Waals surface area contributed by atoms with Crippen molar-refractivity contribution in [2.45, 2.75) is 79.1 Å². The molecule has 0 saturated heterocycles. The van der Waals surface area contributed by atoms with Crippen molar-refractivity contribution >= 4 is 29.0 Å². The van der Waals surface area contributed by atoms with Gasteiger partial charge >= 0.3 is 0 Å². The molecule has 1 N–H and O–H groups in total. The fraction of sp³-hybridized carbons (Fsp3) is 0.636. The number of benzene rings is 1. The number of unbranched alkanes of at least 4 members (excludes halogenated alkanes) is 2. The van der Waals surface area contributed by atoms with E-state index in [2.05, 4.69) is 19.2 Å². The molecule has 0 radical (unpaired) electrons. The van der Waals surface area contributed by atoms with Crippen molar-refractivity contribution in [3.05, 3.63) is 28.8 Å². The predicted octanol–water partition coefficient (Wildman–Crippen LogP) is 6.43. The number of ketones is 1. The Morgan fingerprint density at radius 1 is 1.08 bits per heavy atom. The van der Waals surface area contributed by atoms with Crippen LogP contribution in [0.2, 0.25) is 5.02 Å². The van der Waals surface area contributed by atoms with Crippen LogP contribution in [-0.4, -0.2) is 11.7 Å². The average molecular weight is 380 g/mol. The summed E-state index contributed by atoms with van der Waals surface area (Å²) in [6, 6.07) is 5.80. The predicted molar refractivity (Wildman–Crippen MR) is 111 cm³/mol. The molecule has 1 rings (SSSR count). The number of hydrogen-bond acceptors (Lipinski definition) is 2. The minimum atomic E-state index is -0.0113. The molecule has 0 aromatic heterocycles. The highest BCUT2D eigenvalue weighted by Gasteiger charge is 2.15. The van der Waals surface area contributed by atoms with Gasteiger partial charge in [0.05, 0.1) is 10.7 Å². The highest BCUT2D eigenvalue weighted by Crippen LogP contribution is 2.28. The highest BCUT2D eigenvalue weighted by atomic mass is 35.5. The van der Waals surface area contributed by atoms with Gasteiger partial charge in [-0.1, -0.05) is 64.3 Å². The largest absolute Gasteiger partial charge is 0.325 e. The normalized spacial score (nSPS) is 13.3. The summed E-state index contributed by atoms with van der Waals surface area (Å²) in [4.78, 5) is 24.1. The van der Waals surface area contributed by atoms with E-state index in [1.807, 2.05) is 32.0 Å². The Labute approximate surface area is 163 Å². The topological polar surface area (TPSA) is 46.2 Å². The van der Waals surface area contributed by atoms with E-state index in [0.29, 0.717) is 22.9 Å². The van der Waals surface area contributed by atoms with Crippen LogP contribution < -0.4 is 5.32 Å². The highest BCUT2D eigenvalue weighted by molar-refractivity contribution is 6.34. The molecule has 0 aliphatic carbocycles. The van der Waals surface area contributed by atoms with Gasteiger partial charge in [0.2, 0.25) is 5.91 Å². The van der Waals surface area contributed by atoms with Crippen molar-refractivity contribution in [3.63, 3.8) is 0 Å². The van der Waals surface area contributed by atoms with Gasteiger partial charge in [-0.05, 0) is 43.7 Å². The van der Waals surface area contributed by atoms with Crippen molar-refractivity contribution < 1.29 is 9.59 Å². The van der Waals surface area contributed by atoms with Crippen LogP contribution >= 0.6 is 11.6 Å². The molecule has 1 aromatic carbocycles. The number of hydrogen-bond donors (Lipinski definition) is 1. The van der Waals surface area contributed by atoms with Crippen LogP contribution in [0.15, 0.2) is 18.2 Å². The molecule has 146 valence electrons. The lowest BCUT2D eigenvalue weighted by atomic mass is 9.98. The van der Waals surface area contributed by atoms with Crippen molar-refractivity contribution in [2.24, 2.45) is 11.8 Å². The minimum absolute atomic E-state index is 0.0113. The zero-order valence-corrected chi connectivity index (χ0v) is 17.5. The lowest BCUT2D eigenvalue weighted by Gasteiger charge is -2.14. The summed E-state index contributed by atoms with van der Waals surface area (Å²) in [7, 11) is 0. The smallest absolute Gasteiger partial charge is 0.227 e. The van der Waals surface area contributed by atoms with Crippen LogP contribution in [-0.2, 0) is 16.0 Å². The zero-order valence-electron chi connectivity index (χ0n) is 16.7. The number of nitrogens with one attached hydrogen (secondary N) is 1. The zero-order chi connectivity index (χ0) is 19.5. The fourth-order valence-corrected chi connectivity index (χ4v) is 3.22.